The molecule has 0 spiro atoms. The zero-order valence-corrected chi connectivity index (χ0v) is 19.2. The lowest BCUT2D eigenvalue weighted by molar-refractivity contribution is -0.149. The van der Waals surface area contributed by atoms with Crippen molar-refractivity contribution in [1.29, 1.82) is 0 Å². The minimum Gasteiger partial charge on any atom is -0.497 e. The monoisotopic (exact) mass is 463 g/mol. The summed E-state index contributed by atoms with van der Waals surface area (Å²) < 4.78 is 10.4. The molecule has 1 saturated heterocycles. The molecule has 34 heavy (non-hydrogen) atoms. The highest BCUT2D eigenvalue weighted by atomic mass is 16.5. The average Bonchev–Trinajstić information content (AvgIpc) is 3.65. The molecule has 7 rings (SSSR count). The van der Waals surface area contributed by atoms with E-state index in [1.54, 1.807) is 36.3 Å². The first kappa shape index (κ1) is 21.6. The molecule has 2 bridgehead atoms. The summed E-state index contributed by atoms with van der Waals surface area (Å²) in [6.07, 6.45) is 7.87. The SMILES string of the molecule is COc1ccc(C(=O)COC(=O)C2CCC(N3C(=O)[C@@H]4[C@H]5C=C[C@@H]([C@@H]6C[C@@H]56)[C@H]4C3=O)CC2)cc1. The van der Waals surface area contributed by atoms with Gasteiger partial charge in [0.25, 0.3) is 0 Å². The minimum absolute atomic E-state index is 0.0100. The number of amides is 2. The first-order valence-electron chi connectivity index (χ1n) is 12.4. The van der Waals surface area contributed by atoms with Gasteiger partial charge in [-0.05, 0) is 80.0 Å². The van der Waals surface area contributed by atoms with Gasteiger partial charge in [0.15, 0.2) is 12.4 Å². The third-order valence-corrected chi connectivity index (χ3v) is 8.85. The number of likely N-dealkylation sites (tertiary alicyclic amines) is 1. The maximum absolute atomic E-state index is 13.3. The number of methoxy groups -OCH3 is 1. The highest BCUT2D eigenvalue weighted by Gasteiger charge is 2.67. The lowest BCUT2D eigenvalue weighted by Crippen LogP contribution is -2.44. The van der Waals surface area contributed by atoms with Gasteiger partial charge in [0.05, 0.1) is 24.9 Å². The number of hydrogen-bond acceptors (Lipinski definition) is 6. The van der Waals surface area contributed by atoms with E-state index in [0.717, 1.165) is 6.42 Å². The van der Waals surface area contributed by atoms with Crippen molar-refractivity contribution in [2.45, 2.75) is 38.1 Å². The maximum Gasteiger partial charge on any atom is 0.309 e. The second kappa shape index (κ2) is 8.07. The van der Waals surface area contributed by atoms with Crippen LogP contribution in [0.25, 0.3) is 0 Å². The fourth-order valence-electron chi connectivity index (χ4n) is 7.02. The van der Waals surface area contributed by atoms with E-state index in [-0.39, 0.29) is 65.8 Å². The van der Waals surface area contributed by atoms with Gasteiger partial charge in [0.2, 0.25) is 11.8 Å². The molecule has 6 aliphatic rings. The van der Waals surface area contributed by atoms with Gasteiger partial charge in [-0.25, -0.2) is 0 Å². The van der Waals surface area contributed by atoms with Gasteiger partial charge < -0.3 is 9.47 Å². The molecule has 0 N–H and O–H groups in total. The van der Waals surface area contributed by atoms with Crippen LogP contribution in [-0.2, 0) is 19.1 Å². The zero-order chi connectivity index (χ0) is 23.6. The van der Waals surface area contributed by atoms with Crippen LogP contribution in [0.4, 0.5) is 0 Å². The Morgan fingerprint density at radius 1 is 0.912 bits per heavy atom. The second-order valence-corrected chi connectivity index (χ2v) is 10.5. The molecule has 1 aliphatic heterocycles. The highest BCUT2D eigenvalue weighted by molar-refractivity contribution is 6.06. The molecule has 1 aromatic carbocycles. The summed E-state index contributed by atoms with van der Waals surface area (Å²) in [5, 5.41) is 0. The number of allylic oxidation sites excluding steroid dienone is 2. The standard InChI is InChI=1S/C27H29NO6/c1-33-17-8-4-14(5-9-17)22(29)13-34-27(32)15-2-6-16(7-3-15)28-25(30)23-18-10-11-19(21-12-20(18)21)24(23)26(28)31/h4-5,8-11,15-16,18-21,23-24H,2-3,6-7,12-13H2,1H3/t15?,16?,18-,19-,20-,21-,23+,24+/m0/s1. The summed E-state index contributed by atoms with van der Waals surface area (Å²) in [6, 6.07) is 6.54. The predicted octanol–water partition coefficient (Wildman–Crippen LogP) is 3.03. The fourth-order valence-corrected chi connectivity index (χ4v) is 7.02. The Balaban J connectivity index is 1.03. The molecular weight excluding hydrogens is 434 g/mol. The Labute approximate surface area is 198 Å². The third-order valence-electron chi connectivity index (χ3n) is 8.85. The molecule has 2 amide bonds. The van der Waals surface area contributed by atoms with Crippen molar-refractivity contribution in [3.63, 3.8) is 0 Å². The van der Waals surface area contributed by atoms with E-state index in [2.05, 4.69) is 12.2 Å². The summed E-state index contributed by atoms with van der Waals surface area (Å²) in [7, 11) is 1.55. The van der Waals surface area contributed by atoms with Crippen LogP contribution in [0.1, 0.15) is 42.5 Å². The van der Waals surface area contributed by atoms with Crippen LogP contribution < -0.4 is 4.74 Å². The van der Waals surface area contributed by atoms with E-state index in [1.807, 2.05) is 0 Å². The van der Waals surface area contributed by atoms with Gasteiger partial charge in [-0.15, -0.1) is 0 Å². The summed E-state index contributed by atoms with van der Waals surface area (Å²) in [5.74, 6) is 1.05. The van der Waals surface area contributed by atoms with Crippen molar-refractivity contribution in [2.24, 2.45) is 41.4 Å². The van der Waals surface area contributed by atoms with Crippen molar-refractivity contribution in [2.75, 3.05) is 13.7 Å². The number of hydrogen-bond donors (Lipinski definition) is 0. The second-order valence-electron chi connectivity index (χ2n) is 10.5. The van der Waals surface area contributed by atoms with Crippen LogP contribution in [0, 0.1) is 41.4 Å². The fraction of sp³-hybridized carbons (Fsp3) is 0.556. The average molecular weight is 464 g/mol. The Morgan fingerprint density at radius 3 is 2.06 bits per heavy atom. The number of carbonyl (C=O) groups excluding carboxylic acids is 4. The van der Waals surface area contributed by atoms with E-state index >= 15 is 0 Å². The normalized spacial score (nSPS) is 37.3. The van der Waals surface area contributed by atoms with Crippen LogP contribution >= 0.6 is 0 Å². The lowest BCUT2D eigenvalue weighted by atomic mass is 9.63. The van der Waals surface area contributed by atoms with Gasteiger partial charge in [-0.1, -0.05) is 12.2 Å². The van der Waals surface area contributed by atoms with Gasteiger partial charge in [-0.3, -0.25) is 24.1 Å². The first-order valence-corrected chi connectivity index (χ1v) is 12.4. The third kappa shape index (κ3) is 3.31. The van der Waals surface area contributed by atoms with Crippen LogP contribution in [0.3, 0.4) is 0 Å². The van der Waals surface area contributed by atoms with Crippen molar-refractivity contribution < 1.29 is 28.7 Å². The van der Waals surface area contributed by atoms with E-state index in [4.69, 9.17) is 9.47 Å². The molecule has 4 fully saturated rings. The summed E-state index contributed by atoms with van der Waals surface area (Å²) in [6.45, 7) is -0.296. The molecule has 0 aromatic heterocycles. The maximum atomic E-state index is 13.3. The van der Waals surface area contributed by atoms with E-state index < -0.39 is 0 Å². The molecule has 6 atom stereocenters. The largest absolute Gasteiger partial charge is 0.497 e. The van der Waals surface area contributed by atoms with Crippen LogP contribution in [0.15, 0.2) is 36.4 Å². The Hall–Kier alpha value is -2.96. The molecular formula is C27H29NO6. The number of ether oxygens (including phenoxy) is 2. The van der Waals surface area contributed by atoms with Gasteiger partial charge in [0, 0.05) is 11.6 Å². The van der Waals surface area contributed by atoms with Gasteiger partial charge >= 0.3 is 5.97 Å². The number of benzene rings is 1. The topological polar surface area (TPSA) is 90.0 Å². The van der Waals surface area contributed by atoms with Gasteiger partial charge in [0.1, 0.15) is 5.75 Å². The quantitative estimate of drug-likeness (QED) is 0.279. The lowest BCUT2D eigenvalue weighted by Gasteiger charge is -2.37. The zero-order valence-electron chi connectivity index (χ0n) is 19.2. The minimum atomic E-state index is -0.379. The van der Waals surface area contributed by atoms with E-state index in [0.29, 0.717) is 48.8 Å². The van der Waals surface area contributed by atoms with Crippen molar-refractivity contribution in [3.05, 3.63) is 42.0 Å². The molecule has 1 aromatic rings. The predicted molar refractivity (Wildman–Crippen MR) is 121 cm³/mol. The first-order chi connectivity index (χ1) is 16.5. The number of esters is 1. The number of carbonyl (C=O) groups is 4. The van der Waals surface area contributed by atoms with Crippen LogP contribution in [0.5, 0.6) is 5.75 Å². The molecule has 7 heteroatoms. The van der Waals surface area contributed by atoms with E-state index in [1.165, 1.54) is 0 Å². The van der Waals surface area contributed by atoms with Crippen molar-refractivity contribution in [1.82, 2.24) is 4.90 Å². The smallest absolute Gasteiger partial charge is 0.309 e. The molecule has 0 unspecified atom stereocenters. The molecule has 178 valence electrons. The number of imide groups is 1. The summed E-state index contributed by atoms with van der Waals surface area (Å²) in [5.41, 5.74) is 0.464. The molecule has 1 heterocycles. The highest BCUT2D eigenvalue weighted by Crippen LogP contribution is 2.65. The molecule has 3 saturated carbocycles. The number of ketones is 1. The van der Waals surface area contributed by atoms with Crippen LogP contribution in [-0.4, -0.2) is 48.2 Å². The summed E-state index contributed by atoms with van der Waals surface area (Å²) in [4.78, 5) is 53.1. The van der Waals surface area contributed by atoms with Gasteiger partial charge in [-0.2, -0.15) is 0 Å². The molecule has 5 aliphatic carbocycles. The van der Waals surface area contributed by atoms with Crippen molar-refractivity contribution >= 4 is 23.6 Å². The van der Waals surface area contributed by atoms with Crippen LogP contribution in [0.2, 0.25) is 0 Å². The number of Topliss-reactive ketones (excluding diaryl/α,β-unsaturated/α-hetero) is 1. The van der Waals surface area contributed by atoms with Crippen molar-refractivity contribution in [3.8, 4) is 5.75 Å². The number of rotatable bonds is 6. The van der Waals surface area contributed by atoms with E-state index in [9.17, 15) is 19.2 Å². The summed E-state index contributed by atoms with van der Waals surface area (Å²) >= 11 is 0. The Bertz CT molecular complexity index is 1030. The Morgan fingerprint density at radius 2 is 1.50 bits per heavy atom. The molecule has 0 radical (unpaired) electrons. The molecule has 7 nitrogen and oxygen atoms in total. The Kier molecular flexibility index (Phi) is 5.12. The number of nitrogens with zero attached hydrogens (tertiary/aromatic N) is 1.